The summed E-state index contributed by atoms with van der Waals surface area (Å²) in [6, 6.07) is 7.89. The Morgan fingerprint density at radius 3 is 2.30 bits per heavy atom. The summed E-state index contributed by atoms with van der Waals surface area (Å²) < 4.78 is 5.58. The van der Waals surface area contributed by atoms with Crippen LogP contribution >= 0.6 is 11.3 Å². The highest BCUT2D eigenvalue weighted by atomic mass is 32.1. The summed E-state index contributed by atoms with van der Waals surface area (Å²) in [6.45, 7) is 3.21. The molecule has 0 aliphatic carbocycles. The minimum absolute atomic E-state index is 0.0236. The molecule has 2 bridgehead atoms. The molecule has 5 aromatic rings. The number of aromatic nitrogens is 3. The van der Waals surface area contributed by atoms with E-state index in [1.165, 1.54) is 26.5 Å². The molecule has 0 unspecified atom stereocenters. The fourth-order valence-electron chi connectivity index (χ4n) is 6.67. The van der Waals surface area contributed by atoms with Crippen molar-refractivity contribution in [2.45, 2.75) is 43.9 Å². The second-order valence-electron chi connectivity index (χ2n) is 14.1. The molecule has 0 fully saturated rings. The van der Waals surface area contributed by atoms with E-state index in [9.17, 15) is 38.7 Å². The first kappa shape index (κ1) is 42.5. The van der Waals surface area contributed by atoms with Crippen LogP contribution < -0.4 is 36.6 Å². The van der Waals surface area contributed by atoms with Gasteiger partial charge in [-0.1, -0.05) is 30.8 Å². The van der Waals surface area contributed by atoms with Crippen LogP contribution in [0.4, 0.5) is 0 Å². The summed E-state index contributed by atoms with van der Waals surface area (Å²) in [7, 11) is 2.80. The number of hydrogen-bond donors (Lipinski definition) is 9. The topological polar surface area (TPSA) is 269 Å². The summed E-state index contributed by atoms with van der Waals surface area (Å²) >= 11 is 0.973. The van der Waals surface area contributed by atoms with Crippen LogP contribution in [0.1, 0.15) is 39.6 Å². The second-order valence-corrected chi connectivity index (χ2v) is 15.0. The molecule has 7 amide bonds. The van der Waals surface area contributed by atoms with E-state index in [0.717, 1.165) is 27.1 Å². The molecule has 0 saturated carbocycles. The number of ether oxygens (including phenoxy) is 1. The number of aliphatic hydroxyl groups excluding tert-OH is 1. The third-order valence-electron chi connectivity index (χ3n) is 9.77. The Balaban J connectivity index is 1.35. The number of aliphatic hydroxyl groups is 1. The molecule has 314 valence electrons. The van der Waals surface area contributed by atoms with Gasteiger partial charge in [-0.05, 0) is 36.2 Å². The van der Waals surface area contributed by atoms with Crippen LogP contribution in [0.3, 0.4) is 0 Å². The lowest BCUT2D eigenvalue weighted by Crippen LogP contribution is -2.56. The zero-order valence-electron chi connectivity index (χ0n) is 32.8. The fraction of sp³-hybridized carbons (Fsp3) is 0.300. The standard InChI is InChI=1S/C40H44N10O9S/c1-20-35(54)45-21(2)40(58)50(3)17-33(53)46-29(18-51)39-49-30(19-60-39)38(57)48-28(12-22-14-41-25-9-6-5-8-24(22)25)37(56)47-27(36(55)43-16-32(52)44-20)13-23-15-42-26-10-7-11-31(59-4)34(23)26/h5-11,14-15,19-20,27-29,41-42,51H,2,12-13,16-18H2,1,3-4H3,(H,43,55)(H,44,52)(H,45,54)(H,46,53)(H,47,56)(H,48,57)/t20-,27+,28+,29-/m1/s1. The zero-order chi connectivity index (χ0) is 43.1. The molecule has 2 aromatic carbocycles. The first-order valence-corrected chi connectivity index (χ1v) is 19.6. The van der Waals surface area contributed by atoms with Gasteiger partial charge < -0.3 is 56.6 Å². The Hall–Kier alpha value is -7.06. The number of likely N-dealkylation sites (N-methyl/N-ethyl adjacent to an activating group) is 1. The Labute approximate surface area is 346 Å². The number of nitrogens with one attached hydrogen (secondary N) is 8. The van der Waals surface area contributed by atoms with Gasteiger partial charge in [-0.3, -0.25) is 33.6 Å². The quantitative estimate of drug-likeness (QED) is 0.104. The lowest BCUT2D eigenvalue weighted by Gasteiger charge is -2.23. The molecule has 4 atom stereocenters. The van der Waals surface area contributed by atoms with Crippen molar-refractivity contribution in [3.8, 4) is 5.75 Å². The van der Waals surface area contributed by atoms with Gasteiger partial charge in [-0.15, -0.1) is 11.3 Å². The molecule has 1 aliphatic heterocycles. The van der Waals surface area contributed by atoms with Gasteiger partial charge in [0.05, 0.1) is 32.5 Å². The van der Waals surface area contributed by atoms with Gasteiger partial charge in [0, 0.05) is 59.5 Å². The Morgan fingerprint density at radius 2 is 1.53 bits per heavy atom. The van der Waals surface area contributed by atoms with Gasteiger partial charge >= 0.3 is 0 Å². The monoisotopic (exact) mass is 840 g/mol. The summed E-state index contributed by atoms with van der Waals surface area (Å²) in [4.78, 5) is 106. The summed E-state index contributed by atoms with van der Waals surface area (Å²) in [5.74, 6) is -4.81. The van der Waals surface area contributed by atoms with Crippen molar-refractivity contribution in [1.82, 2.24) is 51.8 Å². The first-order chi connectivity index (χ1) is 28.8. The largest absolute Gasteiger partial charge is 0.496 e. The number of para-hydroxylation sites is 1. The van der Waals surface area contributed by atoms with Gasteiger partial charge in [0.25, 0.3) is 11.8 Å². The average Bonchev–Trinajstić information content (AvgIpc) is 4.00. The van der Waals surface area contributed by atoms with Gasteiger partial charge in [-0.25, -0.2) is 4.98 Å². The predicted octanol–water partition coefficient (Wildman–Crippen LogP) is 0.0553. The van der Waals surface area contributed by atoms with Crippen LogP contribution in [0, 0.1) is 0 Å². The van der Waals surface area contributed by atoms with Crippen molar-refractivity contribution in [3.63, 3.8) is 0 Å². The Bertz CT molecular complexity index is 2470. The lowest BCUT2D eigenvalue weighted by molar-refractivity contribution is -0.134. The van der Waals surface area contributed by atoms with Crippen molar-refractivity contribution in [2.24, 2.45) is 0 Å². The van der Waals surface area contributed by atoms with Crippen molar-refractivity contribution in [3.05, 3.63) is 94.3 Å². The fourth-order valence-corrected chi connectivity index (χ4v) is 7.51. The normalized spacial score (nSPS) is 20.8. The molecule has 20 heteroatoms. The molecule has 6 rings (SSSR count). The number of aromatic amines is 2. The van der Waals surface area contributed by atoms with E-state index in [2.05, 4.69) is 53.4 Å². The van der Waals surface area contributed by atoms with Gasteiger partial charge in [0.2, 0.25) is 29.5 Å². The van der Waals surface area contributed by atoms with Gasteiger partial charge in [0.15, 0.2) is 0 Å². The van der Waals surface area contributed by atoms with Crippen LogP contribution in [0.5, 0.6) is 5.75 Å². The number of methoxy groups -OCH3 is 1. The van der Waals surface area contributed by atoms with Crippen molar-refractivity contribution < 1.29 is 43.4 Å². The van der Waals surface area contributed by atoms with E-state index in [1.54, 1.807) is 24.5 Å². The van der Waals surface area contributed by atoms with E-state index < -0.39 is 85.2 Å². The molecule has 0 radical (unpaired) electrons. The van der Waals surface area contributed by atoms with Crippen LogP contribution in [-0.4, -0.2) is 118 Å². The van der Waals surface area contributed by atoms with E-state index >= 15 is 0 Å². The summed E-state index contributed by atoms with van der Waals surface area (Å²) in [6.07, 6.45) is 3.29. The van der Waals surface area contributed by atoms with E-state index in [-0.39, 0.29) is 29.2 Å². The van der Waals surface area contributed by atoms with Crippen LogP contribution in [0.2, 0.25) is 0 Å². The maximum atomic E-state index is 14.4. The number of fused-ring (bicyclic) bond motifs is 4. The Kier molecular flexibility index (Phi) is 13.2. The highest BCUT2D eigenvalue weighted by molar-refractivity contribution is 7.10. The Morgan fingerprint density at radius 1 is 0.833 bits per heavy atom. The number of H-pyrrole nitrogens is 2. The lowest BCUT2D eigenvalue weighted by atomic mass is 10.0. The second kappa shape index (κ2) is 18.7. The number of carbonyl (C=O) groups excluding carboxylic acids is 7. The van der Waals surface area contributed by atoms with E-state index in [4.69, 9.17) is 4.74 Å². The molecular formula is C40H44N10O9S. The van der Waals surface area contributed by atoms with Crippen LogP contribution in [0.25, 0.3) is 21.8 Å². The van der Waals surface area contributed by atoms with Crippen LogP contribution in [0.15, 0.2) is 72.5 Å². The molecule has 60 heavy (non-hydrogen) atoms. The first-order valence-electron chi connectivity index (χ1n) is 18.7. The number of benzene rings is 2. The number of carbonyl (C=O) groups is 7. The minimum atomic E-state index is -1.31. The molecule has 0 saturated heterocycles. The molecule has 3 aromatic heterocycles. The van der Waals surface area contributed by atoms with E-state index in [1.807, 2.05) is 30.3 Å². The highest BCUT2D eigenvalue weighted by Crippen LogP contribution is 2.29. The SMILES string of the molecule is C=C1NC(=O)[C@@H](C)NC(=O)CNC(=O)[C@H](Cc2c[nH]c3cccc(OC)c23)NC(=O)[C@H](Cc2c[nH]c3ccccc23)NC(=O)c2csc(n2)[C@@H](CO)NC(=O)CN(C)C1=O. The van der Waals surface area contributed by atoms with Gasteiger partial charge in [0.1, 0.15) is 40.6 Å². The molecule has 9 N–H and O–H groups in total. The molecule has 4 heterocycles. The maximum absolute atomic E-state index is 14.4. The summed E-state index contributed by atoms with van der Waals surface area (Å²) in [5, 5.41) is 28.6. The van der Waals surface area contributed by atoms with Crippen LogP contribution in [-0.2, 0) is 41.6 Å². The zero-order valence-corrected chi connectivity index (χ0v) is 33.7. The number of hydrogen-bond acceptors (Lipinski definition) is 11. The number of nitrogens with zero attached hydrogens (tertiary/aromatic N) is 2. The highest BCUT2D eigenvalue weighted by Gasteiger charge is 2.31. The third kappa shape index (κ3) is 9.79. The smallest absolute Gasteiger partial charge is 0.271 e. The van der Waals surface area contributed by atoms with Gasteiger partial charge in [-0.2, -0.15) is 0 Å². The average molecular weight is 841 g/mol. The number of thiazole rings is 1. The van der Waals surface area contributed by atoms with Crippen molar-refractivity contribution >= 4 is 74.5 Å². The van der Waals surface area contributed by atoms with Crippen molar-refractivity contribution in [2.75, 3.05) is 33.9 Å². The van der Waals surface area contributed by atoms with Crippen molar-refractivity contribution in [1.29, 1.82) is 0 Å². The third-order valence-corrected chi connectivity index (χ3v) is 10.7. The predicted molar refractivity (Wildman–Crippen MR) is 219 cm³/mol. The number of rotatable bonds is 6. The summed E-state index contributed by atoms with van der Waals surface area (Å²) in [5.41, 5.74) is 2.28. The molecule has 1 aliphatic rings. The molecule has 0 spiro atoms. The maximum Gasteiger partial charge on any atom is 0.271 e. The number of amides is 7. The van der Waals surface area contributed by atoms with E-state index in [0.29, 0.717) is 27.8 Å². The molecular weight excluding hydrogens is 797 g/mol. The molecule has 19 nitrogen and oxygen atoms in total. The minimum Gasteiger partial charge on any atom is -0.496 e.